The van der Waals surface area contributed by atoms with E-state index >= 15 is 0 Å². The van der Waals surface area contributed by atoms with Crippen molar-refractivity contribution in [1.29, 1.82) is 0 Å². The summed E-state index contributed by atoms with van der Waals surface area (Å²) in [6, 6.07) is 8.88. The zero-order valence-corrected chi connectivity index (χ0v) is 12.1. The number of H-pyrrole nitrogens is 1. The number of aliphatic imine (C=N–C) groups is 1. The van der Waals surface area contributed by atoms with E-state index in [1.54, 1.807) is 44.7 Å². The maximum absolute atomic E-state index is 11.9. The van der Waals surface area contributed by atoms with E-state index in [1.807, 2.05) is 12.1 Å². The molecule has 6 nitrogen and oxygen atoms in total. The van der Waals surface area contributed by atoms with Gasteiger partial charge in [-0.3, -0.25) is 0 Å². The van der Waals surface area contributed by atoms with Gasteiger partial charge in [0.05, 0.1) is 14.2 Å². The predicted octanol–water partition coefficient (Wildman–Crippen LogP) is 2.38. The fourth-order valence-electron chi connectivity index (χ4n) is 2.08. The third kappa shape index (κ3) is 2.58. The van der Waals surface area contributed by atoms with Crippen molar-refractivity contribution in [2.45, 2.75) is 0 Å². The maximum atomic E-state index is 11.9. The number of rotatable bonds is 4. The van der Waals surface area contributed by atoms with E-state index in [-0.39, 0.29) is 11.6 Å². The van der Waals surface area contributed by atoms with Crippen LogP contribution in [-0.2, 0) is 9.53 Å². The van der Waals surface area contributed by atoms with Gasteiger partial charge in [-0.25, -0.2) is 9.79 Å². The lowest BCUT2D eigenvalue weighted by Gasteiger charge is -2.08. The van der Waals surface area contributed by atoms with Crippen LogP contribution in [0, 0.1) is 0 Å². The number of hydrogen-bond donors (Lipinski definition) is 1. The van der Waals surface area contributed by atoms with E-state index in [0.29, 0.717) is 17.1 Å². The highest BCUT2D eigenvalue weighted by Crippen LogP contribution is 2.29. The second-order valence-corrected chi connectivity index (χ2v) is 4.53. The van der Waals surface area contributed by atoms with Crippen LogP contribution in [0.5, 0.6) is 11.5 Å². The van der Waals surface area contributed by atoms with E-state index in [2.05, 4.69) is 9.98 Å². The van der Waals surface area contributed by atoms with Crippen LogP contribution >= 0.6 is 0 Å². The molecule has 3 rings (SSSR count). The predicted molar refractivity (Wildman–Crippen MR) is 80.9 cm³/mol. The molecule has 0 saturated carbocycles. The van der Waals surface area contributed by atoms with E-state index in [4.69, 9.17) is 14.2 Å². The molecule has 6 heteroatoms. The number of benzene rings is 1. The average Bonchev–Trinajstić information content (AvgIpc) is 3.17. The van der Waals surface area contributed by atoms with Crippen molar-refractivity contribution in [3.63, 3.8) is 0 Å². The standard InChI is InChI=1S/C16H14N2O4/c1-20-13-6-5-10(8-14(13)21-2)15-18-12(16(19)22-15)9-11-4-3-7-17-11/h3-9,17H,1-2H3/b12-9-. The molecular weight excluding hydrogens is 284 g/mol. The molecular formula is C16H14N2O4. The van der Waals surface area contributed by atoms with Gasteiger partial charge in [0.2, 0.25) is 5.90 Å². The molecule has 0 saturated heterocycles. The highest BCUT2D eigenvalue weighted by atomic mass is 16.6. The van der Waals surface area contributed by atoms with Crippen molar-refractivity contribution in [1.82, 2.24) is 4.98 Å². The van der Waals surface area contributed by atoms with Crippen molar-refractivity contribution in [2.75, 3.05) is 14.2 Å². The molecule has 0 atom stereocenters. The van der Waals surface area contributed by atoms with E-state index in [9.17, 15) is 4.79 Å². The Hall–Kier alpha value is -3.02. The van der Waals surface area contributed by atoms with Crippen molar-refractivity contribution < 1.29 is 19.0 Å². The third-order valence-electron chi connectivity index (χ3n) is 3.17. The van der Waals surface area contributed by atoms with Gasteiger partial charge in [-0.05, 0) is 36.4 Å². The highest BCUT2D eigenvalue weighted by Gasteiger charge is 2.25. The zero-order chi connectivity index (χ0) is 15.5. The first-order valence-corrected chi connectivity index (χ1v) is 6.59. The van der Waals surface area contributed by atoms with Gasteiger partial charge in [-0.15, -0.1) is 0 Å². The summed E-state index contributed by atoms with van der Waals surface area (Å²) >= 11 is 0. The number of aromatic amines is 1. The molecule has 1 aromatic carbocycles. The Labute approximate surface area is 127 Å². The zero-order valence-electron chi connectivity index (χ0n) is 12.1. The summed E-state index contributed by atoms with van der Waals surface area (Å²) in [6.45, 7) is 0. The molecule has 1 aliphatic heterocycles. The minimum atomic E-state index is -0.487. The van der Waals surface area contributed by atoms with Gasteiger partial charge < -0.3 is 19.2 Å². The Balaban J connectivity index is 1.94. The quantitative estimate of drug-likeness (QED) is 0.695. The van der Waals surface area contributed by atoms with Crippen LogP contribution in [0.25, 0.3) is 6.08 Å². The lowest BCUT2D eigenvalue weighted by atomic mass is 10.2. The normalized spacial score (nSPS) is 15.6. The molecule has 0 unspecified atom stereocenters. The molecule has 112 valence electrons. The molecule has 0 aliphatic carbocycles. The fourth-order valence-corrected chi connectivity index (χ4v) is 2.08. The van der Waals surface area contributed by atoms with Gasteiger partial charge in [0, 0.05) is 17.5 Å². The van der Waals surface area contributed by atoms with Crippen molar-refractivity contribution >= 4 is 17.9 Å². The third-order valence-corrected chi connectivity index (χ3v) is 3.17. The summed E-state index contributed by atoms with van der Waals surface area (Å²) in [4.78, 5) is 19.1. The van der Waals surface area contributed by atoms with Gasteiger partial charge >= 0.3 is 5.97 Å². The van der Waals surface area contributed by atoms with Gasteiger partial charge in [0.1, 0.15) is 0 Å². The number of carbonyl (C=O) groups is 1. The van der Waals surface area contributed by atoms with Crippen LogP contribution in [0.4, 0.5) is 0 Å². The van der Waals surface area contributed by atoms with Gasteiger partial charge in [0.15, 0.2) is 17.2 Å². The maximum Gasteiger partial charge on any atom is 0.363 e. The summed E-state index contributed by atoms with van der Waals surface area (Å²) < 4.78 is 15.6. The fraction of sp³-hybridized carbons (Fsp3) is 0.125. The summed E-state index contributed by atoms with van der Waals surface area (Å²) in [6.07, 6.45) is 3.40. The summed E-state index contributed by atoms with van der Waals surface area (Å²) in [7, 11) is 3.10. The van der Waals surface area contributed by atoms with Crippen LogP contribution in [0.15, 0.2) is 47.2 Å². The number of cyclic esters (lactones) is 1. The molecule has 1 aliphatic rings. The first kappa shape index (κ1) is 13.9. The Morgan fingerprint density at radius 2 is 2.00 bits per heavy atom. The largest absolute Gasteiger partial charge is 0.493 e. The minimum absolute atomic E-state index is 0.240. The molecule has 0 spiro atoms. The number of hydrogen-bond acceptors (Lipinski definition) is 5. The number of methoxy groups -OCH3 is 2. The molecule has 2 heterocycles. The topological polar surface area (TPSA) is 72.9 Å². The Morgan fingerprint density at radius 1 is 1.18 bits per heavy atom. The second-order valence-electron chi connectivity index (χ2n) is 4.53. The van der Waals surface area contributed by atoms with Crippen LogP contribution < -0.4 is 9.47 Å². The van der Waals surface area contributed by atoms with Crippen molar-refractivity contribution in [2.24, 2.45) is 4.99 Å². The van der Waals surface area contributed by atoms with Crippen molar-refractivity contribution in [3.05, 3.63) is 53.5 Å². The lowest BCUT2D eigenvalue weighted by molar-refractivity contribution is -0.129. The molecule has 0 radical (unpaired) electrons. The average molecular weight is 298 g/mol. The van der Waals surface area contributed by atoms with Gasteiger partial charge in [-0.1, -0.05) is 0 Å². The Kier molecular flexibility index (Phi) is 3.65. The highest BCUT2D eigenvalue weighted by molar-refractivity contribution is 6.12. The Bertz CT molecular complexity index is 760. The van der Waals surface area contributed by atoms with Crippen LogP contribution in [0.2, 0.25) is 0 Å². The SMILES string of the molecule is COc1ccc(C2=N/C(=C\c3ccc[nH]3)C(=O)O2)cc1OC. The molecule has 0 fully saturated rings. The first-order valence-electron chi connectivity index (χ1n) is 6.59. The van der Waals surface area contributed by atoms with Crippen LogP contribution in [0.3, 0.4) is 0 Å². The summed E-state index contributed by atoms with van der Waals surface area (Å²) in [5.74, 6) is 0.891. The monoisotopic (exact) mass is 298 g/mol. The van der Waals surface area contributed by atoms with E-state index in [1.165, 1.54) is 0 Å². The van der Waals surface area contributed by atoms with Gasteiger partial charge in [0.25, 0.3) is 0 Å². The van der Waals surface area contributed by atoms with E-state index < -0.39 is 5.97 Å². The van der Waals surface area contributed by atoms with Crippen LogP contribution in [0.1, 0.15) is 11.3 Å². The lowest BCUT2D eigenvalue weighted by Crippen LogP contribution is -2.05. The van der Waals surface area contributed by atoms with Crippen molar-refractivity contribution in [3.8, 4) is 11.5 Å². The minimum Gasteiger partial charge on any atom is -0.493 e. The Morgan fingerprint density at radius 3 is 2.68 bits per heavy atom. The summed E-state index contributed by atoms with van der Waals surface area (Å²) in [5, 5.41) is 0. The number of aromatic nitrogens is 1. The number of nitrogens with zero attached hydrogens (tertiary/aromatic N) is 1. The molecule has 1 aromatic heterocycles. The van der Waals surface area contributed by atoms with E-state index in [0.717, 1.165) is 5.69 Å². The molecule has 0 amide bonds. The molecule has 2 aromatic rings. The number of ether oxygens (including phenoxy) is 3. The first-order chi connectivity index (χ1) is 10.7. The van der Waals surface area contributed by atoms with Crippen LogP contribution in [-0.4, -0.2) is 31.1 Å². The number of carbonyl (C=O) groups excluding carboxylic acids is 1. The number of nitrogens with one attached hydrogen (secondary N) is 1. The van der Waals surface area contributed by atoms with Gasteiger partial charge in [-0.2, -0.15) is 0 Å². The molecule has 0 bridgehead atoms. The smallest absolute Gasteiger partial charge is 0.363 e. The second kappa shape index (κ2) is 5.77. The number of esters is 1. The summed E-state index contributed by atoms with van der Waals surface area (Å²) in [5.41, 5.74) is 1.66. The molecule has 1 N–H and O–H groups in total. The molecule has 22 heavy (non-hydrogen) atoms.